The molecule has 22 heavy (non-hydrogen) atoms. The standard InChI is InChI=1S/C15H17FN2O3S/c1-2-12-10-15(21-17-12)14-4-3-9-18(14)22(19,20)13-7-5-11(16)6-8-13/h5-8,10,14H,2-4,9H2,1H3. The van der Waals surface area contributed by atoms with E-state index in [1.54, 1.807) is 0 Å². The highest BCUT2D eigenvalue weighted by Gasteiger charge is 2.38. The molecule has 1 atom stereocenters. The van der Waals surface area contributed by atoms with Crippen LogP contribution in [-0.4, -0.2) is 24.4 Å². The highest BCUT2D eigenvalue weighted by Crippen LogP contribution is 2.36. The van der Waals surface area contributed by atoms with Gasteiger partial charge in [0.2, 0.25) is 10.0 Å². The van der Waals surface area contributed by atoms with Gasteiger partial charge in [-0.1, -0.05) is 12.1 Å². The maximum absolute atomic E-state index is 13.0. The molecule has 118 valence electrons. The molecule has 2 heterocycles. The summed E-state index contributed by atoms with van der Waals surface area (Å²) in [5, 5.41) is 3.93. The Labute approximate surface area is 128 Å². The molecule has 1 aromatic heterocycles. The van der Waals surface area contributed by atoms with E-state index in [4.69, 9.17) is 4.52 Å². The summed E-state index contributed by atoms with van der Waals surface area (Å²) in [6.45, 7) is 2.38. The van der Waals surface area contributed by atoms with Gasteiger partial charge in [0.1, 0.15) is 5.82 Å². The Kier molecular flexibility index (Phi) is 4.01. The minimum absolute atomic E-state index is 0.0935. The van der Waals surface area contributed by atoms with E-state index in [-0.39, 0.29) is 10.9 Å². The average Bonchev–Trinajstić information content (AvgIpc) is 3.16. The van der Waals surface area contributed by atoms with E-state index in [1.807, 2.05) is 13.0 Å². The van der Waals surface area contributed by atoms with E-state index >= 15 is 0 Å². The van der Waals surface area contributed by atoms with Crippen LogP contribution in [0.1, 0.15) is 37.3 Å². The van der Waals surface area contributed by atoms with Crippen molar-refractivity contribution >= 4 is 10.0 Å². The molecule has 1 aliphatic rings. The Bertz CT molecular complexity index is 755. The van der Waals surface area contributed by atoms with Crippen LogP contribution in [-0.2, 0) is 16.4 Å². The zero-order valence-corrected chi connectivity index (χ0v) is 13.0. The lowest BCUT2D eigenvalue weighted by atomic mass is 10.1. The van der Waals surface area contributed by atoms with E-state index < -0.39 is 15.8 Å². The lowest BCUT2D eigenvalue weighted by molar-refractivity contribution is 0.296. The van der Waals surface area contributed by atoms with Crippen LogP contribution in [0.15, 0.2) is 39.8 Å². The number of rotatable bonds is 4. The predicted octanol–water partition coefficient (Wildman–Crippen LogP) is 2.90. The van der Waals surface area contributed by atoms with Gasteiger partial charge in [0.15, 0.2) is 5.76 Å². The topological polar surface area (TPSA) is 63.4 Å². The first-order valence-corrected chi connectivity index (χ1v) is 8.69. The van der Waals surface area contributed by atoms with Crippen LogP contribution in [0.5, 0.6) is 0 Å². The van der Waals surface area contributed by atoms with E-state index in [1.165, 1.54) is 16.4 Å². The second kappa shape index (κ2) is 5.81. The van der Waals surface area contributed by atoms with E-state index in [9.17, 15) is 12.8 Å². The van der Waals surface area contributed by atoms with Gasteiger partial charge in [-0.25, -0.2) is 12.8 Å². The van der Waals surface area contributed by atoms with E-state index in [0.29, 0.717) is 18.7 Å². The zero-order chi connectivity index (χ0) is 15.7. The molecule has 5 nitrogen and oxygen atoms in total. The van der Waals surface area contributed by atoms with Crippen LogP contribution >= 0.6 is 0 Å². The monoisotopic (exact) mass is 324 g/mol. The zero-order valence-electron chi connectivity index (χ0n) is 12.2. The number of benzene rings is 1. The molecule has 0 amide bonds. The molecule has 1 aromatic carbocycles. The third-order valence-electron chi connectivity index (χ3n) is 3.89. The van der Waals surface area contributed by atoms with Crippen molar-refractivity contribution in [3.05, 3.63) is 47.6 Å². The predicted molar refractivity (Wildman–Crippen MR) is 78.1 cm³/mol. The average molecular weight is 324 g/mol. The molecule has 1 saturated heterocycles. The van der Waals surface area contributed by atoms with Gasteiger partial charge in [-0.3, -0.25) is 0 Å². The van der Waals surface area contributed by atoms with Gasteiger partial charge in [-0.2, -0.15) is 4.31 Å². The van der Waals surface area contributed by atoms with Crippen molar-refractivity contribution in [3.8, 4) is 0 Å². The molecule has 2 aromatic rings. The second-order valence-corrected chi connectivity index (χ2v) is 7.19. The van der Waals surface area contributed by atoms with Crippen molar-refractivity contribution in [2.24, 2.45) is 0 Å². The summed E-state index contributed by atoms with van der Waals surface area (Å²) < 4.78 is 45.2. The van der Waals surface area contributed by atoms with Gasteiger partial charge in [0.25, 0.3) is 0 Å². The first-order valence-electron chi connectivity index (χ1n) is 7.25. The number of sulfonamides is 1. The number of aromatic nitrogens is 1. The van der Waals surface area contributed by atoms with Crippen molar-refractivity contribution < 1.29 is 17.3 Å². The summed E-state index contributed by atoms with van der Waals surface area (Å²) in [7, 11) is -3.67. The summed E-state index contributed by atoms with van der Waals surface area (Å²) in [4.78, 5) is 0.0935. The van der Waals surface area contributed by atoms with Crippen LogP contribution in [0.4, 0.5) is 4.39 Å². The fourth-order valence-electron chi connectivity index (χ4n) is 2.71. The summed E-state index contributed by atoms with van der Waals surface area (Å²) >= 11 is 0. The number of hydrogen-bond acceptors (Lipinski definition) is 4. The number of aryl methyl sites for hydroxylation is 1. The minimum atomic E-state index is -3.67. The van der Waals surface area contributed by atoms with Crippen molar-refractivity contribution in [1.29, 1.82) is 0 Å². The quantitative estimate of drug-likeness (QED) is 0.867. The largest absolute Gasteiger partial charge is 0.359 e. The molecule has 0 bridgehead atoms. The van der Waals surface area contributed by atoms with Crippen LogP contribution in [0.25, 0.3) is 0 Å². The third kappa shape index (κ3) is 2.66. The van der Waals surface area contributed by atoms with Gasteiger partial charge >= 0.3 is 0 Å². The highest BCUT2D eigenvalue weighted by atomic mass is 32.2. The lowest BCUT2D eigenvalue weighted by Gasteiger charge is -2.22. The molecule has 1 aliphatic heterocycles. The Morgan fingerprint density at radius 3 is 2.73 bits per heavy atom. The molecule has 0 N–H and O–H groups in total. The normalized spacial score (nSPS) is 19.6. The van der Waals surface area contributed by atoms with Crippen molar-refractivity contribution in [2.45, 2.75) is 37.1 Å². The Balaban J connectivity index is 1.93. The van der Waals surface area contributed by atoms with Gasteiger partial charge in [-0.05, 0) is 43.5 Å². The van der Waals surface area contributed by atoms with Crippen LogP contribution in [0.2, 0.25) is 0 Å². The molecule has 0 saturated carbocycles. The summed E-state index contributed by atoms with van der Waals surface area (Å²) in [6.07, 6.45) is 2.19. The molecule has 3 rings (SSSR count). The van der Waals surface area contributed by atoms with Gasteiger partial charge in [0.05, 0.1) is 16.6 Å². The first kappa shape index (κ1) is 15.2. The van der Waals surface area contributed by atoms with Crippen molar-refractivity contribution in [2.75, 3.05) is 6.54 Å². The smallest absolute Gasteiger partial charge is 0.243 e. The Morgan fingerprint density at radius 1 is 1.36 bits per heavy atom. The van der Waals surface area contributed by atoms with Gasteiger partial charge in [-0.15, -0.1) is 0 Å². The first-order chi connectivity index (χ1) is 10.5. The van der Waals surface area contributed by atoms with E-state index in [2.05, 4.69) is 5.16 Å². The van der Waals surface area contributed by atoms with Gasteiger partial charge in [0, 0.05) is 12.6 Å². The van der Waals surface area contributed by atoms with Crippen molar-refractivity contribution in [3.63, 3.8) is 0 Å². The Morgan fingerprint density at radius 2 is 2.09 bits per heavy atom. The molecule has 0 spiro atoms. The fourth-order valence-corrected chi connectivity index (χ4v) is 4.37. The molecule has 1 unspecified atom stereocenters. The van der Waals surface area contributed by atoms with E-state index in [0.717, 1.165) is 30.7 Å². The van der Waals surface area contributed by atoms with Crippen LogP contribution < -0.4 is 0 Å². The third-order valence-corrected chi connectivity index (χ3v) is 5.81. The number of nitrogens with zero attached hydrogens (tertiary/aromatic N) is 2. The highest BCUT2D eigenvalue weighted by molar-refractivity contribution is 7.89. The second-order valence-electron chi connectivity index (χ2n) is 5.30. The summed E-state index contributed by atoms with van der Waals surface area (Å²) in [6, 6.07) is 6.35. The molecule has 0 radical (unpaired) electrons. The summed E-state index contributed by atoms with van der Waals surface area (Å²) in [5.74, 6) is 0.111. The Hall–Kier alpha value is -1.73. The maximum atomic E-state index is 13.0. The SMILES string of the molecule is CCc1cc(C2CCCN2S(=O)(=O)c2ccc(F)cc2)on1. The fraction of sp³-hybridized carbons (Fsp3) is 0.400. The van der Waals surface area contributed by atoms with Crippen LogP contribution in [0.3, 0.4) is 0 Å². The molecule has 1 fully saturated rings. The minimum Gasteiger partial charge on any atom is -0.359 e. The molecule has 0 aliphatic carbocycles. The summed E-state index contributed by atoms with van der Waals surface area (Å²) in [5.41, 5.74) is 0.807. The molecular formula is C15H17FN2O3S. The number of halogens is 1. The number of hydrogen-bond donors (Lipinski definition) is 0. The van der Waals surface area contributed by atoms with Crippen LogP contribution in [0, 0.1) is 5.82 Å². The molecule has 7 heteroatoms. The maximum Gasteiger partial charge on any atom is 0.243 e. The van der Waals surface area contributed by atoms with Crippen molar-refractivity contribution in [1.82, 2.24) is 9.46 Å². The lowest BCUT2D eigenvalue weighted by Crippen LogP contribution is -2.30. The van der Waals surface area contributed by atoms with Gasteiger partial charge < -0.3 is 4.52 Å². The molecular weight excluding hydrogens is 307 g/mol.